The van der Waals surface area contributed by atoms with Crippen molar-refractivity contribution >= 4 is 6.09 Å². The number of aliphatic hydroxyl groups is 1. The molecule has 1 aliphatic heterocycles. The predicted octanol–water partition coefficient (Wildman–Crippen LogP) is 0.992. The summed E-state index contributed by atoms with van der Waals surface area (Å²) in [5, 5.41) is 19.4. The smallest absolute Gasteiger partial charge is 0.421 e. The maximum absolute atomic E-state index is 11.2. The van der Waals surface area contributed by atoms with Crippen LogP contribution in [-0.4, -0.2) is 30.0 Å². The molecule has 112 valence electrons. The molecular weight excluding hydrogens is 274 g/mol. The molecule has 7 heteroatoms. The van der Waals surface area contributed by atoms with Gasteiger partial charge in [0, 0.05) is 5.56 Å². The van der Waals surface area contributed by atoms with E-state index >= 15 is 0 Å². The van der Waals surface area contributed by atoms with Crippen LogP contribution >= 0.6 is 0 Å². The summed E-state index contributed by atoms with van der Waals surface area (Å²) in [7, 11) is 1.24. The summed E-state index contributed by atoms with van der Waals surface area (Å²) in [6, 6.07) is 6.33. The van der Waals surface area contributed by atoms with Crippen LogP contribution in [0.25, 0.3) is 0 Å². The van der Waals surface area contributed by atoms with Gasteiger partial charge in [-0.2, -0.15) is 5.26 Å². The molecule has 0 aliphatic carbocycles. The first-order chi connectivity index (χ1) is 9.89. The summed E-state index contributed by atoms with van der Waals surface area (Å²) >= 11 is 0. The minimum absolute atomic E-state index is 0.439. The normalized spacial score (nSPS) is 22.4. The van der Waals surface area contributed by atoms with Crippen LogP contribution in [0.3, 0.4) is 0 Å². The predicted molar refractivity (Wildman–Crippen MR) is 73.3 cm³/mol. The van der Waals surface area contributed by atoms with Crippen molar-refractivity contribution < 1.29 is 19.4 Å². The fourth-order valence-electron chi connectivity index (χ4n) is 2.21. The van der Waals surface area contributed by atoms with E-state index in [1.165, 1.54) is 7.11 Å². The van der Waals surface area contributed by atoms with Gasteiger partial charge >= 0.3 is 6.09 Å². The van der Waals surface area contributed by atoms with E-state index in [0.717, 1.165) is 0 Å². The molecule has 0 aromatic heterocycles. The third-order valence-corrected chi connectivity index (χ3v) is 3.39. The number of ether oxygens (including phenoxy) is 2. The van der Waals surface area contributed by atoms with Crippen molar-refractivity contribution in [2.75, 3.05) is 7.11 Å². The maximum Gasteiger partial charge on any atom is 0.421 e. The van der Waals surface area contributed by atoms with Gasteiger partial charge in [0.2, 0.25) is 0 Å². The Morgan fingerprint density at radius 3 is 2.86 bits per heavy atom. The third-order valence-electron chi connectivity index (χ3n) is 3.39. The van der Waals surface area contributed by atoms with Gasteiger partial charge in [-0.1, -0.05) is 0 Å². The van der Waals surface area contributed by atoms with E-state index in [1.54, 1.807) is 32.0 Å². The van der Waals surface area contributed by atoms with Gasteiger partial charge in [-0.25, -0.2) is 10.2 Å². The van der Waals surface area contributed by atoms with Gasteiger partial charge in [0.15, 0.2) is 0 Å². The Hall–Kier alpha value is -2.30. The van der Waals surface area contributed by atoms with E-state index in [-0.39, 0.29) is 0 Å². The van der Waals surface area contributed by atoms with Crippen molar-refractivity contribution in [3.05, 3.63) is 29.3 Å². The number of hydrazine groups is 1. The molecule has 3 N–H and O–H groups in total. The largest absolute Gasteiger partial charge is 0.485 e. The second-order valence-electron chi connectivity index (χ2n) is 5.25. The highest BCUT2D eigenvalue weighted by Crippen LogP contribution is 2.39. The highest BCUT2D eigenvalue weighted by molar-refractivity contribution is 5.66. The lowest BCUT2D eigenvalue weighted by molar-refractivity contribution is -0.0667. The number of rotatable bonds is 2. The van der Waals surface area contributed by atoms with Crippen LogP contribution in [0, 0.1) is 11.3 Å². The number of benzene rings is 1. The number of carbonyl (C=O) groups is 1. The van der Waals surface area contributed by atoms with Gasteiger partial charge in [0.1, 0.15) is 17.5 Å². The fourth-order valence-corrected chi connectivity index (χ4v) is 2.21. The molecule has 1 amide bonds. The van der Waals surface area contributed by atoms with E-state index in [4.69, 9.17) is 10.00 Å². The number of nitrogens with one attached hydrogen (secondary N) is 2. The molecule has 0 unspecified atom stereocenters. The number of carbonyl (C=O) groups excluding carboxylic acids is 1. The molecule has 0 fully saturated rings. The average molecular weight is 291 g/mol. The molecular formula is C14H17N3O4. The topological polar surface area (TPSA) is 104 Å². The van der Waals surface area contributed by atoms with Crippen molar-refractivity contribution in [2.24, 2.45) is 0 Å². The zero-order chi connectivity index (χ0) is 15.6. The number of amides is 1. The first kappa shape index (κ1) is 15.1. The molecule has 2 rings (SSSR count). The quantitative estimate of drug-likeness (QED) is 0.702. The van der Waals surface area contributed by atoms with Crippen LogP contribution in [-0.2, 0) is 4.74 Å². The monoisotopic (exact) mass is 291 g/mol. The van der Waals surface area contributed by atoms with E-state index in [1.807, 2.05) is 6.07 Å². The highest BCUT2D eigenvalue weighted by atomic mass is 16.5. The van der Waals surface area contributed by atoms with E-state index in [2.05, 4.69) is 15.6 Å². The number of aliphatic hydroxyl groups excluding tert-OH is 1. The lowest BCUT2D eigenvalue weighted by Gasteiger charge is -2.42. The van der Waals surface area contributed by atoms with Crippen LogP contribution in [0.1, 0.15) is 31.0 Å². The standard InChI is InChI=1S/C14H17N3O4/c1-14(2)12(18)11(16-17-13(19)20-3)9-6-8(7-15)4-5-10(9)21-14/h4-6,11-12,16,18H,1-3H3,(H,17,19)/t11-,12+/m1/s1. The average Bonchev–Trinajstić information content (AvgIpc) is 2.46. The summed E-state index contributed by atoms with van der Waals surface area (Å²) in [6.45, 7) is 3.48. The molecule has 1 heterocycles. The van der Waals surface area contributed by atoms with Crippen LogP contribution in [0.5, 0.6) is 5.75 Å². The van der Waals surface area contributed by atoms with Gasteiger partial charge < -0.3 is 14.6 Å². The summed E-state index contributed by atoms with van der Waals surface area (Å²) in [5.41, 5.74) is 5.24. The number of hydrogen-bond donors (Lipinski definition) is 3. The van der Waals surface area contributed by atoms with Crippen molar-refractivity contribution in [1.29, 1.82) is 5.26 Å². The van der Waals surface area contributed by atoms with Crippen LogP contribution < -0.4 is 15.6 Å². The number of nitriles is 1. The van der Waals surface area contributed by atoms with E-state index < -0.39 is 23.8 Å². The third kappa shape index (κ3) is 2.91. The Morgan fingerprint density at radius 2 is 2.24 bits per heavy atom. The van der Waals surface area contributed by atoms with Gasteiger partial charge in [-0.3, -0.25) is 5.43 Å². The van der Waals surface area contributed by atoms with E-state index in [9.17, 15) is 9.90 Å². The second-order valence-corrected chi connectivity index (χ2v) is 5.25. The molecule has 0 saturated heterocycles. The molecule has 0 bridgehead atoms. The minimum atomic E-state index is -0.934. The van der Waals surface area contributed by atoms with Crippen molar-refractivity contribution in [2.45, 2.75) is 31.6 Å². The van der Waals surface area contributed by atoms with Crippen molar-refractivity contribution in [3.63, 3.8) is 0 Å². The molecule has 1 aromatic rings. The highest BCUT2D eigenvalue weighted by Gasteiger charge is 2.43. The first-order valence-corrected chi connectivity index (χ1v) is 6.39. The molecule has 2 atom stereocenters. The van der Waals surface area contributed by atoms with Crippen LogP contribution in [0.15, 0.2) is 18.2 Å². The maximum atomic E-state index is 11.2. The Balaban J connectivity index is 2.37. The van der Waals surface area contributed by atoms with E-state index in [0.29, 0.717) is 16.9 Å². The van der Waals surface area contributed by atoms with Gasteiger partial charge in [-0.15, -0.1) is 0 Å². The summed E-state index contributed by atoms with van der Waals surface area (Å²) in [4.78, 5) is 11.2. The molecule has 0 radical (unpaired) electrons. The molecule has 1 aliphatic rings. The molecule has 0 saturated carbocycles. The number of fused-ring (bicyclic) bond motifs is 1. The summed E-state index contributed by atoms with van der Waals surface area (Å²) in [5.74, 6) is 0.550. The lowest BCUT2D eigenvalue weighted by Crippen LogP contribution is -2.55. The Kier molecular flexibility index (Phi) is 4.02. The molecule has 1 aromatic carbocycles. The summed E-state index contributed by atoms with van der Waals surface area (Å²) < 4.78 is 10.2. The van der Waals surface area contributed by atoms with Crippen molar-refractivity contribution in [3.8, 4) is 11.8 Å². The second kappa shape index (κ2) is 5.60. The molecule has 7 nitrogen and oxygen atoms in total. The zero-order valence-corrected chi connectivity index (χ0v) is 12.0. The van der Waals surface area contributed by atoms with Gasteiger partial charge in [-0.05, 0) is 32.0 Å². The minimum Gasteiger partial charge on any atom is -0.485 e. The van der Waals surface area contributed by atoms with Gasteiger partial charge in [0.05, 0.1) is 24.8 Å². The lowest BCUT2D eigenvalue weighted by atomic mass is 9.86. The van der Waals surface area contributed by atoms with Gasteiger partial charge in [0.25, 0.3) is 0 Å². The van der Waals surface area contributed by atoms with Crippen LogP contribution in [0.4, 0.5) is 4.79 Å². The number of nitrogens with zero attached hydrogens (tertiary/aromatic N) is 1. The Labute approximate surface area is 122 Å². The molecule has 21 heavy (non-hydrogen) atoms. The SMILES string of the molecule is COC(=O)NN[C@@H]1c2cc(C#N)ccc2OC(C)(C)[C@H]1O. The van der Waals surface area contributed by atoms with Crippen molar-refractivity contribution in [1.82, 2.24) is 10.9 Å². The number of hydrogen-bond acceptors (Lipinski definition) is 6. The first-order valence-electron chi connectivity index (χ1n) is 6.39. The zero-order valence-electron chi connectivity index (χ0n) is 12.0. The Bertz CT molecular complexity index is 594. The fraction of sp³-hybridized carbons (Fsp3) is 0.429. The number of methoxy groups -OCH3 is 1. The summed E-state index contributed by atoms with van der Waals surface area (Å²) in [6.07, 6.45) is -1.61. The molecule has 0 spiro atoms. The van der Waals surface area contributed by atoms with Crippen LogP contribution in [0.2, 0.25) is 0 Å². The Morgan fingerprint density at radius 1 is 1.52 bits per heavy atom.